The van der Waals surface area contributed by atoms with Gasteiger partial charge in [0.15, 0.2) is 0 Å². The number of carbonyl (C=O) groups excluding carboxylic acids is 1. The lowest BCUT2D eigenvalue weighted by Gasteiger charge is -2.17. The third-order valence-corrected chi connectivity index (χ3v) is 3.85. The lowest BCUT2D eigenvalue weighted by atomic mass is 9.99. The minimum atomic E-state index is -0.813. The number of benzene rings is 1. The van der Waals surface area contributed by atoms with Crippen LogP contribution >= 0.6 is 0 Å². The van der Waals surface area contributed by atoms with Crippen molar-refractivity contribution < 1.29 is 14.7 Å². The van der Waals surface area contributed by atoms with Crippen LogP contribution in [0.1, 0.15) is 29.8 Å². The summed E-state index contributed by atoms with van der Waals surface area (Å²) in [4.78, 5) is 25.2. The van der Waals surface area contributed by atoms with Crippen molar-refractivity contribution in [2.24, 2.45) is 11.8 Å². The number of aliphatic carboxylic acids is 1. The van der Waals surface area contributed by atoms with E-state index in [9.17, 15) is 9.59 Å². The molecule has 4 nitrogen and oxygen atoms in total. The Morgan fingerprint density at radius 3 is 2.58 bits per heavy atom. The van der Waals surface area contributed by atoms with Gasteiger partial charge in [0.2, 0.25) is 0 Å². The van der Waals surface area contributed by atoms with E-state index in [0.717, 1.165) is 12.0 Å². The number of carboxylic acid groups (broad SMARTS) is 1. The van der Waals surface area contributed by atoms with E-state index < -0.39 is 11.9 Å². The van der Waals surface area contributed by atoms with Gasteiger partial charge in [-0.25, -0.2) is 0 Å². The molecule has 1 aliphatic rings. The molecular formula is C15H19NO3. The van der Waals surface area contributed by atoms with Gasteiger partial charge in [-0.2, -0.15) is 0 Å². The first-order valence-corrected chi connectivity index (χ1v) is 6.64. The van der Waals surface area contributed by atoms with Crippen molar-refractivity contribution in [3.8, 4) is 0 Å². The van der Waals surface area contributed by atoms with Crippen LogP contribution in [0.4, 0.5) is 0 Å². The molecule has 1 saturated heterocycles. The summed E-state index contributed by atoms with van der Waals surface area (Å²) in [7, 11) is 0. The predicted molar refractivity (Wildman–Crippen MR) is 72.0 cm³/mol. The Kier molecular flexibility index (Phi) is 3.88. The van der Waals surface area contributed by atoms with Crippen LogP contribution in [0.2, 0.25) is 0 Å². The summed E-state index contributed by atoms with van der Waals surface area (Å²) in [5.41, 5.74) is 1.71. The van der Waals surface area contributed by atoms with Crippen molar-refractivity contribution >= 4 is 11.9 Å². The zero-order chi connectivity index (χ0) is 14.0. The predicted octanol–water partition coefficient (Wildman–Crippen LogP) is 2.04. The number of aryl methyl sites for hydroxylation is 1. The molecule has 0 radical (unpaired) electrons. The molecule has 2 rings (SSSR count). The fraction of sp³-hybridized carbons (Fsp3) is 0.467. The topological polar surface area (TPSA) is 57.6 Å². The molecule has 1 aromatic rings. The summed E-state index contributed by atoms with van der Waals surface area (Å²) >= 11 is 0. The largest absolute Gasteiger partial charge is 0.481 e. The first-order valence-electron chi connectivity index (χ1n) is 6.64. The molecule has 2 atom stereocenters. The second-order valence-corrected chi connectivity index (χ2v) is 5.14. The van der Waals surface area contributed by atoms with Gasteiger partial charge in [-0.1, -0.05) is 32.0 Å². The fourth-order valence-corrected chi connectivity index (χ4v) is 2.66. The highest BCUT2D eigenvalue weighted by molar-refractivity contribution is 5.96. The zero-order valence-corrected chi connectivity index (χ0v) is 11.3. The normalized spacial score (nSPS) is 22.5. The van der Waals surface area contributed by atoms with Crippen molar-refractivity contribution in [2.45, 2.75) is 20.3 Å². The van der Waals surface area contributed by atoms with Gasteiger partial charge < -0.3 is 10.0 Å². The highest BCUT2D eigenvalue weighted by Crippen LogP contribution is 2.25. The molecular weight excluding hydrogens is 242 g/mol. The third kappa shape index (κ3) is 2.62. The second kappa shape index (κ2) is 5.43. The maximum Gasteiger partial charge on any atom is 0.308 e. The lowest BCUT2D eigenvalue weighted by Crippen LogP contribution is -2.30. The molecule has 0 aliphatic carbocycles. The second-order valence-electron chi connectivity index (χ2n) is 5.14. The van der Waals surface area contributed by atoms with Crippen molar-refractivity contribution in [1.29, 1.82) is 0 Å². The van der Waals surface area contributed by atoms with Gasteiger partial charge in [-0.15, -0.1) is 0 Å². The number of nitrogens with zero attached hydrogens (tertiary/aromatic N) is 1. The Morgan fingerprint density at radius 2 is 2.00 bits per heavy atom. The highest BCUT2D eigenvalue weighted by Gasteiger charge is 2.37. The van der Waals surface area contributed by atoms with E-state index in [4.69, 9.17) is 5.11 Å². The van der Waals surface area contributed by atoms with Crippen molar-refractivity contribution in [3.05, 3.63) is 35.4 Å². The quantitative estimate of drug-likeness (QED) is 0.905. The number of rotatable bonds is 3. The molecule has 0 aromatic heterocycles. The minimum absolute atomic E-state index is 0.00948. The smallest absolute Gasteiger partial charge is 0.308 e. The molecule has 1 fully saturated rings. The van der Waals surface area contributed by atoms with Crippen LogP contribution in [-0.2, 0) is 11.2 Å². The maximum atomic E-state index is 12.5. The van der Waals surface area contributed by atoms with Gasteiger partial charge in [0.05, 0.1) is 5.92 Å². The van der Waals surface area contributed by atoms with E-state index in [-0.39, 0.29) is 11.8 Å². The molecule has 1 aliphatic heterocycles. The van der Waals surface area contributed by atoms with E-state index in [1.54, 1.807) is 4.90 Å². The van der Waals surface area contributed by atoms with Crippen LogP contribution in [0.5, 0.6) is 0 Å². The SMILES string of the molecule is CCc1ccccc1C(=O)N1CC(C)C(C(=O)O)C1. The van der Waals surface area contributed by atoms with Crippen LogP contribution in [-0.4, -0.2) is 35.0 Å². The third-order valence-electron chi connectivity index (χ3n) is 3.85. The Balaban J connectivity index is 2.19. The summed E-state index contributed by atoms with van der Waals surface area (Å²) in [6.07, 6.45) is 0.799. The van der Waals surface area contributed by atoms with Crippen molar-refractivity contribution in [2.75, 3.05) is 13.1 Å². The maximum absolute atomic E-state index is 12.5. The van der Waals surface area contributed by atoms with E-state index in [1.165, 1.54) is 0 Å². The lowest BCUT2D eigenvalue weighted by molar-refractivity contribution is -0.142. The molecule has 4 heteroatoms. The Labute approximate surface area is 113 Å². The van der Waals surface area contributed by atoms with Gasteiger partial charge in [0.1, 0.15) is 0 Å². The molecule has 1 amide bonds. The zero-order valence-electron chi connectivity index (χ0n) is 11.3. The van der Waals surface area contributed by atoms with Crippen molar-refractivity contribution in [1.82, 2.24) is 4.90 Å². The average molecular weight is 261 g/mol. The van der Waals surface area contributed by atoms with E-state index in [1.807, 2.05) is 38.1 Å². The molecule has 0 spiro atoms. The number of carbonyl (C=O) groups is 2. The summed E-state index contributed by atoms with van der Waals surface area (Å²) < 4.78 is 0. The summed E-state index contributed by atoms with van der Waals surface area (Å²) in [5, 5.41) is 9.12. The van der Waals surface area contributed by atoms with Gasteiger partial charge in [0.25, 0.3) is 5.91 Å². The van der Waals surface area contributed by atoms with Crippen LogP contribution in [0.3, 0.4) is 0 Å². The number of carboxylic acids is 1. The summed E-state index contributed by atoms with van der Waals surface area (Å²) in [5.74, 6) is -1.30. The number of likely N-dealkylation sites (tertiary alicyclic amines) is 1. The Hall–Kier alpha value is -1.84. The van der Waals surface area contributed by atoms with Gasteiger partial charge >= 0.3 is 5.97 Å². The van der Waals surface area contributed by atoms with Crippen molar-refractivity contribution in [3.63, 3.8) is 0 Å². The Morgan fingerprint density at radius 1 is 1.32 bits per heavy atom. The molecule has 1 heterocycles. The average Bonchev–Trinajstić information content (AvgIpc) is 2.80. The molecule has 1 N–H and O–H groups in total. The summed E-state index contributed by atoms with van der Waals surface area (Å²) in [6.45, 7) is 4.73. The molecule has 1 aromatic carbocycles. The van der Waals surface area contributed by atoms with Crippen LogP contribution in [0.25, 0.3) is 0 Å². The van der Waals surface area contributed by atoms with Crippen LogP contribution in [0, 0.1) is 11.8 Å². The van der Waals surface area contributed by atoms with E-state index in [2.05, 4.69) is 0 Å². The molecule has 2 unspecified atom stereocenters. The first kappa shape index (κ1) is 13.6. The number of amides is 1. The number of hydrogen-bond acceptors (Lipinski definition) is 2. The fourth-order valence-electron chi connectivity index (χ4n) is 2.66. The molecule has 0 saturated carbocycles. The van der Waals surface area contributed by atoms with E-state index in [0.29, 0.717) is 18.7 Å². The van der Waals surface area contributed by atoms with Gasteiger partial charge in [0, 0.05) is 18.7 Å². The molecule has 0 bridgehead atoms. The van der Waals surface area contributed by atoms with Gasteiger partial charge in [-0.05, 0) is 24.0 Å². The monoisotopic (exact) mass is 261 g/mol. The molecule has 102 valence electrons. The Bertz CT molecular complexity index is 498. The first-order chi connectivity index (χ1) is 9.04. The standard InChI is InChI=1S/C15H19NO3/c1-3-11-6-4-5-7-12(11)14(17)16-8-10(2)13(9-16)15(18)19/h4-7,10,13H,3,8-9H2,1-2H3,(H,18,19). The summed E-state index contributed by atoms with van der Waals surface area (Å²) in [6, 6.07) is 7.53. The number of hydrogen-bond donors (Lipinski definition) is 1. The molecule has 19 heavy (non-hydrogen) atoms. The van der Waals surface area contributed by atoms with Crippen LogP contribution in [0.15, 0.2) is 24.3 Å². The van der Waals surface area contributed by atoms with Gasteiger partial charge in [-0.3, -0.25) is 9.59 Å². The minimum Gasteiger partial charge on any atom is -0.481 e. The van der Waals surface area contributed by atoms with E-state index >= 15 is 0 Å². The highest BCUT2D eigenvalue weighted by atomic mass is 16.4. The van der Waals surface area contributed by atoms with Crippen LogP contribution < -0.4 is 0 Å².